The van der Waals surface area contributed by atoms with Crippen LogP contribution in [0.15, 0.2) is 66.7 Å². The first-order valence-electron chi connectivity index (χ1n) is 9.88. The van der Waals surface area contributed by atoms with E-state index in [0.717, 1.165) is 49.7 Å². The van der Waals surface area contributed by atoms with Crippen LogP contribution in [0.1, 0.15) is 0 Å². The van der Waals surface area contributed by atoms with Crippen LogP contribution >= 0.6 is 0 Å². The van der Waals surface area contributed by atoms with Gasteiger partial charge in [0, 0.05) is 49.3 Å². The van der Waals surface area contributed by atoms with E-state index in [4.69, 9.17) is 0 Å². The summed E-state index contributed by atoms with van der Waals surface area (Å²) in [4.78, 5) is 41.4. The van der Waals surface area contributed by atoms with Crippen LogP contribution in [-0.4, -0.2) is 67.7 Å². The minimum Gasteiger partial charge on any atom is -0.323 e. The molecule has 2 aromatic carbocycles. The summed E-state index contributed by atoms with van der Waals surface area (Å²) in [5.41, 5.74) is 2.10. The fraction of sp³-hybridized carbons (Fsp3) is 0.261. The van der Waals surface area contributed by atoms with Crippen LogP contribution < -0.4 is 10.2 Å². The van der Waals surface area contributed by atoms with Gasteiger partial charge in [0.15, 0.2) is 0 Å². The van der Waals surface area contributed by atoms with E-state index in [0.29, 0.717) is 18.5 Å². The third-order valence-electron chi connectivity index (χ3n) is 4.94. The number of hydrogen-bond acceptors (Lipinski definition) is 5. The number of allylic oxidation sites excluding steroid dienone is 1. The highest BCUT2D eigenvalue weighted by atomic mass is 16.2. The van der Waals surface area contributed by atoms with Crippen LogP contribution in [0.4, 0.5) is 17.1 Å². The number of nitrogens with one attached hydrogen (secondary N) is 1. The summed E-state index contributed by atoms with van der Waals surface area (Å²) in [7, 11) is 2.09. The van der Waals surface area contributed by atoms with Crippen LogP contribution in [0, 0.1) is 0 Å². The van der Waals surface area contributed by atoms with E-state index in [-0.39, 0.29) is 11.8 Å². The van der Waals surface area contributed by atoms with Gasteiger partial charge in [0.2, 0.25) is 11.8 Å². The number of piperazine rings is 1. The molecule has 0 atom stereocenters. The Kier molecular flexibility index (Phi) is 7.48. The third-order valence-corrected chi connectivity index (χ3v) is 4.94. The maximum Gasteiger partial charge on any atom is 0.248 e. The molecule has 0 aliphatic carbocycles. The molecular formula is C23H26N4O3. The molecule has 1 saturated heterocycles. The highest BCUT2D eigenvalue weighted by molar-refractivity contribution is 6.03. The quantitative estimate of drug-likeness (QED) is 0.564. The van der Waals surface area contributed by atoms with Crippen LogP contribution in [0.3, 0.4) is 0 Å². The minimum atomic E-state index is -0.388. The highest BCUT2D eigenvalue weighted by Gasteiger charge is 2.22. The Hall–Kier alpha value is -3.29. The van der Waals surface area contributed by atoms with Crippen LogP contribution in [0.5, 0.6) is 0 Å². The standard InChI is InChI=1S/C23H26N4O3/c1-25-13-15-26(16-14-25)18-23(30)27(20-6-3-2-4-7-20)21-11-9-19(10-12-21)24-22(29)8-5-17-28/h2-12,17H,13-16,18H2,1H3,(H,24,29)/b8-5-. The number of rotatable bonds is 7. The first-order valence-corrected chi connectivity index (χ1v) is 9.88. The van der Waals surface area contributed by atoms with Crippen molar-refractivity contribution in [3.8, 4) is 0 Å². The molecule has 1 N–H and O–H groups in total. The van der Waals surface area contributed by atoms with Gasteiger partial charge in [-0.25, -0.2) is 0 Å². The number of benzene rings is 2. The number of likely N-dealkylation sites (N-methyl/N-ethyl adjacent to an activating group) is 1. The average Bonchev–Trinajstić information content (AvgIpc) is 2.76. The van der Waals surface area contributed by atoms with Crippen LogP contribution in [-0.2, 0) is 14.4 Å². The molecule has 1 fully saturated rings. The molecular weight excluding hydrogens is 380 g/mol. The lowest BCUT2D eigenvalue weighted by Crippen LogP contribution is -2.48. The van der Waals surface area contributed by atoms with Crippen LogP contribution in [0.25, 0.3) is 0 Å². The van der Waals surface area contributed by atoms with Crippen molar-refractivity contribution >= 4 is 35.2 Å². The molecule has 0 unspecified atom stereocenters. The molecule has 7 heteroatoms. The summed E-state index contributed by atoms with van der Waals surface area (Å²) in [5, 5.41) is 2.68. The SMILES string of the molecule is CN1CCN(CC(=O)N(c2ccccc2)c2ccc(NC(=O)/C=C\C=O)cc2)CC1. The number of amides is 2. The number of hydrogen-bond donors (Lipinski definition) is 1. The van der Waals surface area contributed by atoms with Gasteiger partial charge in [0.05, 0.1) is 6.54 Å². The summed E-state index contributed by atoms with van der Waals surface area (Å²) >= 11 is 0. The molecule has 2 aromatic rings. The molecule has 156 valence electrons. The van der Waals surface area contributed by atoms with Crippen molar-refractivity contribution in [2.75, 3.05) is 50.0 Å². The summed E-state index contributed by atoms with van der Waals surface area (Å²) in [5.74, 6) is -0.391. The first kappa shape index (κ1) is 21.4. The van der Waals surface area contributed by atoms with Crippen molar-refractivity contribution in [1.82, 2.24) is 9.80 Å². The van der Waals surface area contributed by atoms with E-state index in [1.807, 2.05) is 30.3 Å². The van der Waals surface area contributed by atoms with Gasteiger partial charge in [-0.05, 0) is 49.5 Å². The van der Waals surface area contributed by atoms with Gasteiger partial charge in [-0.2, -0.15) is 0 Å². The fourth-order valence-electron chi connectivity index (χ4n) is 3.29. The Labute approximate surface area is 176 Å². The second-order valence-electron chi connectivity index (χ2n) is 7.18. The molecule has 1 aliphatic rings. The van der Waals surface area contributed by atoms with Crippen molar-refractivity contribution in [3.63, 3.8) is 0 Å². The lowest BCUT2D eigenvalue weighted by Gasteiger charge is -2.33. The molecule has 0 saturated carbocycles. The summed E-state index contributed by atoms with van der Waals surface area (Å²) in [6, 6.07) is 16.6. The number of carbonyl (C=O) groups is 3. The molecule has 0 radical (unpaired) electrons. The van der Waals surface area contributed by atoms with E-state index in [9.17, 15) is 14.4 Å². The Morgan fingerprint density at radius 1 is 0.967 bits per heavy atom. The van der Waals surface area contributed by atoms with Gasteiger partial charge >= 0.3 is 0 Å². The monoisotopic (exact) mass is 406 g/mol. The number of nitrogens with zero attached hydrogens (tertiary/aromatic N) is 3. The normalized spacial score (nSPS) is 15.1. The maximum absolute atomic E-state index is 13.2. The molecule has 30 heavy (non-hydrogen) atoms. The average molecular weight is 406 g/mol. The van der Waals surface area contributed by atoms with Gasteiger partial charge in [-0.1, -0.05) is 18.2 Å². The van der Waals surface area contributed by atoms with Crippen molar-refractivity contribution in [2.45, 2.75) is 0 Å². The second kappa shape index (κ2) is 10.5. The number of carbonyl (C=O) groups excluding carboxylic acids is 3. The predicted octanol–water partition coefficient (Wildman–Crippen LogP) is 2.29. The largest absolute Gasteiger partial charge is 0.323 e. The Bertz CT molecular complexity index is 888. The van der Waals surface area contributed by atoms with Gasteiger partial charge in [-0.15, -0.1) is 0 Å². The van der Waals surface area contributed by atoms with Crippen molar-refractivity contribution < 1.29 is 14.4 Å². The number of anilines is 3. The molecule has 0 bridgehead atoms. The smallest absolute Gasteiger partial charge is 0.248 e. The Morgan fingerprint density at radius 2 is 1.60 bits per heavy atom. The fourth-order valence-corrected chi connectivity index (χ4v) is 3.29. The van der Waals surface area contributed by atoms with Crippen molar-refractivity contribution in [3.05, 3.63) is 66.7 Å². The van der Waals surface area contributed by atoms with E-state index >= 15 is 0 Å². The molecule has 1 heterocycles. The zero-order valence-electron chi connectivity index (χ0n) is 17.0. The number of aldehydes is 1. The third kappa shape index (κ3) is 5.85. The van der Waals surface area contributed by atoms with Gasteiger partial charge in [0.25, 0.3) is 0 Å². The second-order valence-corrected chi connectivity index (χ2v) is 7.18. The van der Waals surface area contributed by atoms with Crippen molar-refractivity contribution in [2.24, 2.45) is 0 Å². The highest BCUT2D eigenvalue weighted by Crippen LogP contribution is 2.27. The van der Waals surface area contributed by atoms with E-state index in [2.05, 4.69) is 22.2 Å². The zero-order chi connectivity index (χ0) is 21.3. The van der Waals surface area contributed by atoms with E-state index < -0.39 is 0 Å². The molecule has 0 aromatic heterocycles. The lowest BCUT2D eigenvalue weighted by molar-refractivity contribution is -0.119. The van der Waals surface area contributed by atoms with E-state index in [1.165, 1.54) is 0 Å². The summed E-state index contributed by atoms with van der Waals surface area (Å²) < 4.78 is 0. The maximum atomic E-state index is 13.2. The molecule has 7 nitrogen and oxygen atoms in total. The summed E-state index contributed by atoms with van der Waals surface area (Å²) in [6.07, 6.45) is 2.85. The van der Waals surface area contributed by atoms with E-state index in [1.54, 1.807) is 29.2 Å². The van der Waals surface area contributed by atoms with Crippen molar-refractivity contribution in [1.29, 1.82) is 0 Å². The van der Waals surface area contributed by atoms with Gasteiger partial charge in [0.1, 0.15) is 6.29 Å². The van der Waals surface area contributed by atoms with Gasteiger partial charge in [-0.3, -0.25) is 24.2 Å². The topological polar surface area (TPSA) is 73.0 Å². The van der Waals surface area contributed by atoms with Crippen LogP contribution in [0.2, 0.25) is 0 Å². The first-order chi connectivity index (χ1) is 14.6. The molecule has 2 amide bonds. The number of para-hydroxylation sites is 1. The lowest BCUT2D eigenvalue weighted by atomic mass is 10.2. The predicted molar refractivity (Wildman–Crippen MR) is 118 cm³/mol. The molecule has 3 rings (SSSR count). The summed E-state index contributed by atoms with van der Waals surface area (Å²) in [6.45, 7) is 3.98. The Morgan fingerprint density at radius 3 is 2.23 bits per heavy atom. The Balaban J connectivity index is 1.77. The van der Waals surface area contributed by atoms with Gasteiger partial charge < -0.3 is 10.2 Å². The minimum absolute atomic E-state index is 0.00328. The molecule has 0 spiro atoms. The zero-order valence-corrected chi connectivity index (χ0v) is 17.0. The molecule has 1 aliphatic heterocycles.